The van der Waals surface area contributed by atoms with Gasteiger partial charge in [0.05, 0.1) is 19.1 Å². The van der Waals surface area contributed by atoms with E-state index in [-0.39, 0.29) is 6.61 Å². The summed E-state index contributed by atoms with van der Waals surface area (Å²) in [6.07, 6.45) is 0.496. The average molecular weight is 298 g/mol. The topological polar surface area (TPSA) is 46.5 Å². The number of carbonyl (C=O) groups is 1. The first-order chi connectivity index (χ1) is 10.6. The monoisotopic (exact) mass is 298 g/mol. The molecular weight excluding hydrogens is 276 g/mol. The third-order valence-corrected chi connectivity index (χ3v) is 3.74. The maximum Gasteiger partial charge on any atom is 0.309 e. The van der Waals surface area contributed by atoms with Crippen LogP contribution in [0.4, 0.5) is 0 Å². The highest BCUT2D eigenvalue weighted by Crippen LogP contribution is 2.16. The molecular formula is C19H22O3. The summed E-state index contributed by atoms with van der Waals surface area (Å²) in [4.78, 5) is 11.4. The highest BCUT2D eigenvalue weighted by Gasteiger charge is 2.19. The van der Waals surface area contributed by atoms with E-state index in [2.05, 4.69) is 6.07 Å². The molecule has 0 aromatic heterocycles. The van der Waals surface area contributed by atoms with Crippen molar-refractivity contribution >= 4 is 5.97 Å². The summed E-state index contributed by atoms with van der Waals surface area (Å²) in [5, 5.41) is 9.40. The van der Waals surface area contributed by atoms with Gasteiger partial charge in [-0.05, 0) is 37.0 Å². The van der Waals surface area contributed by atoms with Crippen molar-refractivity contribution in [3.05, 3.63) is 70.8 Å². The van der Waals surface area contributed by atoms with Crippen molar-refractivity contribution in [2.45, 2.75) is 26.9 Å². The summed E-state index contributed by atoms with van der Waals surface area (Å²) in [6, 6.07) is 15.9. The molecule has 0 saturated carbocycles. The quantitative estimate of drug-likeness (QED) is 0.846. The van der Waals surface area contributed by atoms with Gasteiger partial charge < -0.3 is 9.84 Å². The van der Waals surface area contributed by atoms with Crippen LogP contribution in [0, 0.1) is 19.8 Å². The summed E-state index contributed by atoms with van der Waals surface area (Å²) in [5.74, 6) is -1.34. The minimum Gasteiger partial charge on any atom is -0.481 e. The highest BCUT2D eigenvalue weighted by atomic mass is 16.5. The van der Waals surface area contributed by atoms with E-state index in [0.717, 1.165) is 16.7 Å². The number of benzene rings is 2. The molecule has 1 N–H and O–H groups in total. The Morgan fingerprint density at radius 1 is 1.14 bits per heavy atom. The lowest BCUT2D eigenvalue weighted by Gasteiger charge is -2.15. The van der Waals surface area contributed by atoms with Gasteiger partial charge in [0.25, 0.3) is 0 Å². The van der Waals surface area contributed by atoms with Crippen LogP contribution in [0.25, 0.3) is 0 Å². The third-order valence-electron chi connectivity index (χ3n) is 3.74. The molecule has 0 saturated heterocycles. The Kier molecular flexibility index (Phi) is 5.73. The van der Waals surface area contributed by atoms with Gasteiger partial charge in [0.1, 0.15) is 0 Å². The van der Waals surface area contributed by atoms with Gasteiger partial charge in [-0.25, -0.2) is 0 Å². The van der Waals surface area contributed by atoms with Crippen molar-refractivity contribution < 1.29 is 14.6 Å². The largest absolute Gasteiger partial charge is 0.481 e. The molecule has 3 heteroatoms. The van der Waals surface area contributed by atoms with Crippen LogP contribution in [-0.2, 0) is 22.6 Å². The molecule has 0 fully saturated rings. The first kappa shape index (κ1) is 16.2. The smallest absolute Gasteiger partial charge is 0.309 e. The van der Waals surface area contributed by atoms with Crippen LogP contribution in [0.3, 0.4) is 0 Å². The minimum absolute atomic E-state index is 0.220. The van der Waals surface area contributed by atoms with E-state index in [1.807, 2.05) is 56.3 Å². The van der Waals surface area contributed by atoms with Crippen LogP contribution < -0.4 is 0 Å². The second-order valence-corrected chi connectivity index (χ2v) is 5.67. The molecule has 0 unspecified atom stereocenters. The molecule has 2 rings (SSSR count). The summed E-state index contributed by atoms with van der Waals surface area (Å²) in [7, 11) is 0. The van der Waals surface area contributed by atoms with E-state index in [0.29, 0.717) is 13.0 Å². The van der Waals surface area contributed by atoms with Gasteiger partial charge in [0.15, 0.2) is 0 Å². The molecule has 3 nitrogen and oxygen atoms in total. The van der Waals surface area contributed by atoms with Gasteiger partial charge in [-0.3, -0.25) is 4.79 Å². The van der Waals surface area contributed by atoms with Crippen molar-refractivity contribution in [2.24, 2.45) is 5.92 Å². The van der Waals surface area contributed by atoms with E-state index < -0.39 is 11.9 Å². The highest BCUT2D eigenvalue weighted by molar-refractivity contribution is 5.70. The first-order valence-corrected chi connectivity index (χ1v) is 7.47. The summed E-state index contributed by atoms with van der Waals surface area (Å²) < 4.78 is 5.60. The number of ether oxygens (including phenoxy) is 1. The summed E-state index contributed by atoms with van der Waals surface area (Å²) in [6.45, 7) is 4.72. The van der Waals surface area contributed by atoms with E-state index in [1.165, 1.54) is 5.56 Å². The lowest BCUT2D eigenvalue weighted by atomic mass is 9.95. The Hall–Kier alpha value is -2.13. The fourth-order valence-corrected chi connectivity index (χ4v) is 2.45. The van der Waals surface area contributed by atoms with E-state index >= 15 is 0 Å². The molecule has 0 aliphatic rings. The standard InChI is InChI=1S/C19H22O3/c1-14-8-9-17(15(2)10-14)11-18(19(20)21)13-22-12-16-6-4-3-5-7-16/h3-10,18H,11-13H2,1-2H3,(H,20,21)/t18-/m0/s1. The van der Waals surface area contributed by atoms with Crippen LogP contribution in [-0.4, -0.2) is 17.7 Å². The van der Waals surface area contributed by atoms with Crippen LogP contribution in [0.2, 0.25) is 0 Å². The SMILES string of the molecule is Cc1ccc(C[C@@H](COCc2ccccc2)C(=O)O)c(C)c1. The fourth-order valence-electron chi connectivity index (χ4n) is 2.45. The van der Waals surface area contributed by atoms with Gasteiger partial charge >= 0.3 is 5.97 Å². The van der Waals surface area contributed by atoms with Crippen molar-refractivity contribution in [1.82, 2.24) is 0 Å². The van der Waals surface area contributed by atoms with Crippen LogP contribution in [0.1, 0.15) is 22.3 Å². The maximum absolute atomic E-state index is 11.4. The Morgan fingerprint density at radius 2 is 1.86 bits per heavy atom. The second-order valence-electron chi connectivity index (χ2n) is 5.67. The number of aryl methyl sites for hydroxylation is 2. The predicted molar refractivity (Wildman–Crippen MR) is 86.8 cm³/mol. The Bertz CT molecular complexity index is 620. The molecule has 0 heterocycles. The Labute approximate surface area is 131 Å². The van der Waals surface area contributed by atoms with Crippen molar-refractivity contribution in [3.8, 4) is 0 Å². The number of hydrogen-bond donors (Lipinski definition) is 1. The molecule has 0 spiro atoms. The fraction of sp³-hybridized carbons (Fsp3) is 0.316. The van der Waals surface area contributed by atoms with Gasteiger partial charge in [0.2, 0.25) is 0 Å². The summed E-state index contributed by atoms with van der Waals surface area (Å²) in [5.41, 5.74) is 4.45. The molecule has 1 atom stereocenters. The molecule has 0 bridgehead atoms. The Balaban J connectivity index is 1.94. The van der Waals surface area contributed by atoms with E-state index in [1.54, 1.807) is 0 Å². The van der Waals surface area contributed by atoms with Crippen molar-refractivity contribution in [3.63, 3.8) is 0 Å². The molecule has 0 aliphatic carbocycles. The lowest BCUT2D eigenvalue weighted by Crippen LogP contribution is -2.22. The van der Waals surface area contributed by atoms with Gasteiger partial charge in [0, 0.05) is 0 Å². The summed E-state index contributed by atoms with van der Waals surface area (Å²) >= 11 is 0. The van der Waals surface area contributed by atoms with Crippen LogP contribution in [0.15, 0.2) is 48.5 Å². The molecule has 2 aromatic carbocycles. The second kappa shape index (κ2) is 7.76. The molecule has 0 radical (unpaired) electrons. The first-order valence-electron chi connectivity index (χ1n) is 7.47. The molecule has 0 aliphatic heterocycles. The molecule has 0 amide bonds. The minimum atomic E-state index is -0.812. The van der Waals surface area contributed by atoms with Crippen molar-refractivity contribution in [2.75, 3.05) is 6.61 Å². The number of carboxylic acid groups (broad SMARTS) is 1. The molecule has 116 valence electrons. The Morgan fingerprint density at radius 3 is 2.50 bits per heavy atom. The van der Waals surface area contributed by atoms with Crippen molar-refractivity contribution in [1.29, 1.82) is 0 Å². The number of rotatable bonds is 7. The third kappa shape index (κ3) is 4.71. The van der Waals surface area contributed by atoms with Gasteiger partial charge in [-0.1, -0.05) is 54.1 Å². The van der Waals surface area contributed by atoms with Crippen LogP contribution in [0.5, 0.6) is 0 Å². The molecule has 22 heavy (non-hydrogen) atoms. The number of aliphatic carboxylic acids is 1. The van der Waals surface area contributed by atoms with Gasteiger partial charge in [-0.15, -0.1) is 0 Å². The number of hydrogen-bond acceptors (Lipinski definition) is 2. The normalized spacial score (nSPS) is 12.1. The van der Waals surface area contributed by atoms with Gasteiger partial charge in [-0.2, -0.15) is 0 Å². The zero-order valence-corrected chi connectivity index (χ0v) is 13.1. The van der Waals surface area contributed by atoms with E-state index in [4.69, 9.17) is 4.74 Å². The number of carboxylic acids is 1. The molecule has 2 aromatic rings. The zero-order valence-electron chi connectivity index (χ0n) is 13.1. The van der Waals surface area contributed by atoms with Crippen LogP contribution >= 0.6 is 0 Å². The zero-order chi connectivity index (χ0) is 15.9. The average Bonchev–Trinajstić information content (AvgIpc) is 2.49. The van der Waals surface area contributed by atoms with E-state index in [9.17, 15) is 9.90 Å². The maximum atomic E-state index is 11.4. The predicted octanol–water partition coefficient (Wildman–Crippen LogP) is 3.76. The lowest BCUT2D eigenvalue weighted by molar-refractivity contribution is -0.144.